The molecule has 1 atom stereocenters. The Bertz CT molecular complexity index is 1220. The molecule has 2 amide bonds. The second kappa shape index (κ2) is 10.9. The SMILES string of the molecule is O=C(NCCN1CCOCC1)c1ccc2c(c1)NC(=O)[C@H](CS(=O)(=O)Cc1ccc(F)cc1Cl)N2. The van der Waals surface area contributed by atoms with E-state index in [-0.39, 0.29) is 16.5 Å². The van der Waals surface area contributed by atoms with Crippen molar-refractivity contribution in [2.45, 2.75) is 11.8 Å². The molecule has 1 saturated heterocycles. The van der Waals surface area contributed by atoms with E-state index in [4.69, 9.17) is 16.3 Å². The molecule has 2 aliphatic heterocycles. The molecular weight excluding hydrogens is 499 g/mol. The highest BCUT2D eigenvalue weighted by molar-refractivity contribution is 7.90. The minimum atomic E-state index is -3.75. The van der Waals surface area contributed by atoms with Gasteiger partial charge in [0.2, 0.25) is 5.91 Å². The van der Waals surface area contributed by atoms with Crippen LogP contribution in [0.2, 0.25) is 5.02 Å². The number of anilines is 2. The maximum atomic E-state index is 13.2. The smallest absolute Gasteiger partial charge is 0.251 e. The first kappa shape index (κ1) is 25.4. The van der Waals surface area contributed by atoms with Crippen LogP contribution in [0.3, 0.4) is 0 Å². The Balaban J connectivity index is 1.35. The fraction of sp³-hybridized carbons (Fsp3) is 0.391. The standard InChI is InChI=1S/C23H26ClFN4O5S/c24-18-12-17(25)3-1-16(18)13-35(32,33)14-21-23(31)28-20-11-15(2-4-19(20)27-21)22(30)26-5-6-29-7-9-34-10-8-29/h1-4,11-12,21,27H,5-10,13-14H2,(H,26,30)(H,28,31)/t21-/m0/s1. The predicted molar refractivity (Wildman–Crippen MR) is 131 cm³/mol. The Morgan fingerprint density at radius 1 is 1.17 bits per heavy atom. The lowest BCUT2D eigenvalue weighted by Crippen LogP contribution is -2.44. The number of benzene rings is 2. The van der Waals surface area contributed by atoms with Gasteiger partial charge in [-0.25, -0.2) is 12.8 Å². The Morgan fingerprint density at radius 2 is 1.94 bits per heavy atom. The highest BCUT2D eigenvalue weighted by atomic mass is 35.5. The predicted octanol–water partition coefficient (Wildman–Crippen LogP) is 1.89. The number of halogens is 2. The second-order valence-corrected chi connectivity index (χ2v) is 11.0. The summed E-state index contributed by atoms with van der Waals surface area (Å²) in [5, 5.41) is 8.48. The van der Waals surface area contributed by atoms with Crippen LogP contribution in [0.15, 0.2) is 36.4 Å². The lowest BCUT2D eigenvalue weighted by Gasteiger charge is -2.27. The highest BCUT2D eigenvalue weighted by Crippen LogP contribution is 2.29. The Hall–Kier alpha value is -2.73. The normalized spacial score (nSPS) is 18.3. The number of amides is 2. The summed E-state index contributed by atoms with van der Waals surface area (Å²) in [6.07, 6.45) is 0. The highest BCUT2D eigenvalue weighted by Gasteiger charge is 2.31. The van der Waals surface area contributed by atoms with Crippen LogP contribution in [0.4, 0.5) is 15.8 Å². The number of sulfone groups is 1. The molecule has 12 heteroatoms. The lowest BCUT2D eigenvalue weighted by atomic mass is 10.1. The number of morpholine rings is 1. The number of hydrogen-bond acceptors (Lipinski definition) is 7. The van der Waals surface area contributed by atoms with E-state index in [0.717, 1.165) is 31.8 Å². The molecule has 1 fully saturated rings. The van der Waals surface area contributed by atoms with Gasteiger partial charge in [-0.2, -0.15) is 0 Å². The molecule has 35 heavy (non-hydrogen) atoms. The van der Waals surface area contributed by atoms with Gasteiger partial charge < -0.3 is 20.7 Å². The fourth-order valence-corrected chi connectivity index (χ4v) is 5.85. The van der Waals surface area contributed by atoms with Crippen LogP contribution in [0, 0.1) is 5.82 Å². The number of fused-ring (bicyclic) bond motifs is 1. The Kier molecular flexibility index (Phi) is 7.90. The molecule has 0 spiro atoms. The molecule has 9 nitrogen and oxygen atoms in total. The number of carbonyl (C=O) groups is 2. The van der Waals surface area contributed by atoms with Crippen molar-refractivity contribution in [3.05, 3.63) is 58.4 Å². The minimum Gasteiger partial charge on any atom is -0.379 e. The topological polar surface area (TPSA) is 117 Å². The van der Waals surface area contributed by atoms with E-state index < -0.39 is 39.1 Å². The zero-order valence-electron chi connectivity index (χ0n) is 18.9. The molecule has 2 heterocycles. The summed E-state index contributed by atoms with van der Waals surface area (Å²) in [7, 11) is -3.75. The average Bonchev–Trinajstić information content (AvgIpc) is 2.81. The van der Waals surface area contributed by atoms with Crippen molar-refractivity contribution in [3.63, 3.8) is 0 Å². The first-order chi connectivity index (χ1) is 16.7. The van der Waals surface area contributed by atoms with Gasteiger partial charge in [0, 0.05) is 36.8 Å². The number of ether oxygens (including phenoxy) is 1. The van der Waals surface area contributed by atoms with Gasteiger partial charge in [0.05, 0.1) is 36.1 Å². The van der Waals surface area contributed by atoms with E-state index in [0.29, 0.717) is 36.7 Å². The molecule has 2 aromatic rings. The van der Waals surface area contributed by atoms with Gasteiger partial charge in [-0.05, 0) is 35.9 Å². The first-order valence-corrected chi connectivity index (χ1v) is 13.3. The van der Waals surface area contributed by atoms with Crippen LogP contribution in [0.1, 0.15) is 15.9 Å². The third kappa shape index (κ3) is 6.69. The van der Waals surface area contributed by atoms with Gasteiger partial charge in [-0.3, -0.25) is 14.5 Å². The summed E-state index contributed by atoms with van der Waals surface area (Å²) in [4.78, 5) is 27.3. The van der Waals surface area contributed by atoms with E-state index in [1.165, 1.54) is 6.07 Å². The van der Waals surface area contributed by atoms with Crippen molar-refractivity contribution in [2.75, 3.05) is 55.8 Å². The van der Waals surface area contributed by atoms with E-state index >= 15 is 0 Å². The largest absolute Gasteiger partial charge is 0.379 e. The first-order valence-electron chi connectivity index (χ1n) is 11.1. The molecule has 0 saturated carbocycles. The maximum Gasteiger partial charge on any atom is 0.251 e. The third-order valence-electron chi connectivity index (χ3n) is 5.81. The third-order valence-corrected chi connectivity index (χ3v) is 7.76. The van der Waals surface area contributed by atoms with Gasteiger partial charge in [0.25, 0.3) is 5.91 Å². The zero-order chi connectivity index (χ0) is 25.0. The molecule has 2 aliphatic rings. The second-order valence-electron chi connectivity index (χ2n) is 8.45. The van der Waals surface area contributed by atoms with Crippen LogP contribution >= 0.6 is 11.6 Å². The molecule has 2 aromatic carbocycles. The number of rotatable bonds is 8. The summed E-state index contributed by atoms with van der Waals surface area (Å²) in [5.41, 5.74) is 1.54. The van der Waals surface area contributed by atoms with Crippen molar-refractivity contribution < 1.29 is 27.1 Å². The molecule has 0 aromatic heterocycles. The number of nitrogens with one attached hydrogen (secondary N) is 3. The summed E-state index contributed by atoms with van der Waals surface area (Å²) in [6.45, 7) is 4.25. The Morgan fingerprint density at radius 3 is 2.69 bits per heavy atom. The number of hydrogen-bond donors (Lipinski definition) is 3. The minimum absolute atomic E-state index is 0.00993. The number of nitrogens with zero attached hydrogens (tertiary/aromatic N) is 1. The Labute approximate surface area is 207 Å². The molecule has 0 radical (unpaired) electrons. The van der Waals surface area contributed by atoms with Crippen LogP contribution in [-0.4, -0.2) is 76.3 Å². The quantitative estimate of drug-likeness (QED) is 0.483. The lowest BCUT2D eigenvalue weighted by molar-refractivity contribution is -0.116. The van der Waals surface area contributed by atoms with Crippen LogP contribution in [0.25, 0.3) is 0 Å². The van der Waals surface area contributed by atoms with E-state index in [2.05, 4.69) is 20.9 Å². The van der Waals surface area contributed by atoms with Crippen molar-refractivity contribution in [1.82, 2.24) is 10.2 Å². The molecule has 0 aliphatic carbocycles. The van der Waals surface area contributed by atoms with Crippen molar-refractivity contribution in [2.24, 2.45) is 0 Å². The molecule has 3 N–H and O–H groups in total. The molecule has 0 bridgehead atoms. The summed E-state index contributed by atoms with van der Waals surface area (Å²) >= 11 is 5.95. The zero-order valence-corrected chi connectivity index (χ0v) is 20.4. The number of carbonyl (C=O) groups excluding carboxylic acids is 2. The molecular formula is C23H26ClFN4O5S. The van der Waals surface area contributed by atoms with E-state index in [1.807, 2.05) is 0 Å². The van der Waals surface area contributed by atoms with Gasteiger partial charge in [0.1, 0.15) is 11.9 Å². The summed E-state index contributed by atoms with van der Waals surface area (Å²) in [5.74, 6) is -2.26. The fourth-order valence-electron chi connectivity index (χ4n) is 3.95. The van der Waals surface area contributed by atoms with Crippen molar-refractivity contribution >= 4 is 44.6 Å². The van der Waals surface area contributed by atoms with Gasteiger partial charge in [0.15, 0.2) is 9.84 Å². The molecule has 4 rings (SSSR count). The van der Waals surface area contributed by atoms with E-state index in [9.17, 15) is 22.4 Å². The monoisotopic (exact) mass is 524 g/mol. The molecule has 0 unspecified atom stereocenters. The van der Waals surface area contributed by atoms with E-state index in [1.54, 1.807) is 18.2 Å². The van der Waals surface area contributed by atoms with Crippen LogP contribution in [0.5, 0.6) is 0 Å². The van der Waals surface area contributed by atoms with Crippen LogP contribution in [-0.2, 0) is 25.1 Å². The van der Waals surface area contributed by atoms with Crippen LogP contribution < -0.4 is 16.0 Å². The average molecular weight is 525 g/mol. The van der Waals surface area contributed by atoms with Gasteiger partial charge in [-0.1, -0.05) is 17.7 Å². The summed E-state index contributed by atoms with van der Waals surface area (Å²) in [6, 6.07) is 7.25. The van der Waals surface area contributed by atoms with Gasteiger partial charge >= 0.3 is 0 Å². The van der Waals surface area contributed by atoms with Crippen molar-refractivity contribution in [3.8, 4) is 0 Å². The summed E-state index contributed by atoms with van der Waals surface area (Å²) < 4.78 is 43.9. The molecule has 188 valence electrons. The maximum absolute atomic E-state index is 13.2. The van der Waals surface area contributed by atoms with Crippen molar-refractivity contribution in [1.29, 1.82) is 0 Å². The van der Waals surface area contributed by atoms with Gasteiger partial charge in [-0.15, -0.1) is 0 Å².